The van der Waals surface area contributed by atoms with Crippen molar-refractivity contribution in [2.45, 2.75) is 117 Å². The Morgan fingerprint density at radius 1 is 0.625 bits per heavy atom. The van der Waals surface area contributed by atoms with Gasteiger partial charge in [0.15, 0.2) is 11.5 Å². The summed E-state index contributed by atoms with van der Waals surface area (Å²) >= 11 is 10.7. The second-order valence-electron chi connectivity index (χ2n) is 13.4. The van der Waals surface area contributed by atoms with Gasteiger partial charge in [-0.05, 0) is 70.3 Å². The Kier molecular flexibility index (Phi) is 8.69. The smallest absolute Gasteiger partial charge is 0.250 e. The molecular weight excluding hydrogens is 536 g/mol. The van der Waals surface area contributed by atoms with Gasteiger partial charge in [0.05, 0.1) is 5.02 Å². The molecule has 8 heteroatoms. The summed E-state index contributed by atoms with van der Waals surface area (Å²) in [7, 11) is -6.39. The molecule has 0 amide bonds. The standard InChI is InChI=1S/C24H46BrClO3Si3/c1-22(2,3)30(10,11)27-18-16-17(26)20(28-31(12,13)23(4,5)6)21(19(18)25)29-32(14,15)24(7,8)9/h16H,1-15H3. The maximum Gasteiger partial charge on any atom is 0.250 e. The highest BCUT2D eigenvalue weighted by atomic mass is 79.9. The Morgan fingerprint density at radius 2 is 0.938 bits per heavy atom. The third-order valence-electron chi connectivity index (χ3n) is 7.59. The van der Waals surface area contributed by atoms with Crippen LogP contribution in [0, 0.1) is 0 Å². The van der Waals surface area contributed by atoms with E-state index in [4.69, 9.17) is 24.9 Å². The molecule has 3 nitrogen and oxygen atoms in total. The van der Waals surface area contributed by atoms with Crippen LogP contribution in [0.4, 0.5) is 0 Å². The number of halogens is 2. The SMILES string of the molecule is CC(C)(C)[Si](C)(C)Oc1cc(Cl)c(O[Si](C)(C)C(C)(C)C)c(O[Si](C)(C)C(C)(C)C)c1Br. The van der Waals surface area contributed by atoms with Gasteiger partial charge < -0.3 is 13.3 Å². The molecule has 0 fully saturated rings. The van der Waals surface area contributed by atoms with Crippen molar-refractivity contribution in [3.8, 4) is 17.2 Å². The minimum atomic E-state index is -2.17. The molecule has 0 spiro atoms. The molecule has 1 rings (SSSR count). The maximum absolute atomic E-state index is 6.90. The minimum Gasteiger partial charge on any atom is -0.543 e. The van der Waals surface area contributed by atoms with E-state index in [0.29, 0.717) is 16.5 Å². The van der Waals surface area contributed by atoms with Gasteiger partial charge in [-0.15, -0.1) is 0 Å². The van der Waals surface area contributed by atoms with E-state index in [1.807, 2.05) is 6.07 Å². The molecule has 0 aliphatic heterocycles. The number of hydrogen-bond donors (Lipinski definition) is 0. The van der Waals surface area contributed by atoms with Crippen LogP contribution in [0.3, 0.4) is 0 Å². The zero-order valence-corrected chi connectivity index (χ0v) is 28.4. The van der Waals surface area contributed by atoms with Gasteiger partial charge in [-0.25, -0.2) is 0 Å². The second-order valence-corrected chi connectivity index (χ2v) is 28.8. The lowest BCUT2D eigenvalue weighted by Gasteiger charge is -2.41. The molecule has 0 radical (unpaired) electrons. The molecule has 0 aliphatic carbocycles. The van der Waals surface area contributed by atoms with Crippen LogP contribution < -0.4 is 13.3 Å². The van der Waals surface area contributed by atoms with Crippen LogP contribution in [-0.2, 0) is 0 Å². The van der Waals surface area contributed by atoms with Gasteiger partial charge in [0.2, 0.25) is 0 Å². The lowest BCUT2D eigenvalue weighted by molar-refractivity contribution is 0.432. The molecule has 0 N–H and O–H groups in total. The van der Waals surface area contributed by atoms with E-state index in [2.05, 4.69) is 118 Å². The molecule has 0 atom stereocenters. The topological polar surface area (TPSA) is 27.7 Å². The van der Waals surface area contributed by atoms with E-state index in [1.54, 1.807) is 0 Å². The fourth-order valence-electron chi connectivity index (χ4n) is 2.07. The number of rotatable bonds is 6. The van der Waals surface area contributed by atoms with Crippen LogP contribution in [0.15, 0.2) is 10.5 Å². The van der Waals surface area contributed by atoms with Crippen LogP contribution in [0.5, 0.6) is 17.2 Å². The van der Waals surface area contributed by atoms with Crippen molar-refractivity contribution in [3.63, 3.8) is 0 Å². The van der Waals surface area contributed by atoms with Gasteiger partial charge in [-0.3, -0.25) is 0 Å². The van der Waals surface area contributed by atoms with E-state index >= 15 is 0 Å². The lowest BCUT2D eigenvalue weighted by atomic mass is 10.2. The second kappa shape index (κ2) is 9.25. The van der Waals surface area contributed by atoms with Crippen molar-refractivity contribution in [2.24, 2.45) is 0 Å². The molecule has 0 saturated heterocycles. The van der Waals surface area contributed by atoms with Crippen LogP contribution in [0.2, 0.25) is 59.4 Å². The highest BCUT2D eigenvalue weighted by molar-refractivity contribution is 9.10. The minimum absolute atomic E-state index is 0.0312. The molecule has 186 valence electrons. The average Bonchev–Trinajstić information content (AvgIpc) is 2.51. The molecule has 32 heavy (non-hydrogen) atoms. The summed E-state index contributed by atoms with van der Waals surface area (Å²) in [5, 5.41) is 0.674. The summed E-state index contributed by atoms with van der Waals surface area (Å²) in [6, 6.07) is 1.90. The highest BCUT2D eigenvalue weighted by Gasteiger charge is 2.44. The lowest BCUT2D eigenvalue weighted by Crippen LogP contribution is -2.46. The first-order valence-corrected chi connectivity index (χ1v) is 21.3. The molecule has 0 aromatic heterocycles. The Labute approximate surface area is 214 Å². The van der Waals surface area contributed by atoms with Crippen LogP contribution in [0.25, 0.3) is 0 Å². The molecule has 0 unspecified atom stereocenters. The predicted octanol–water partition coefficient (Wildman–Crippen LogP) is 10.3. The first-order valence-electron chi connectivity index (χ1n) is 11.4. The van der Waals surface area contributed by atoms with Gasteiger partial charge in [0.1, 0.15) is 10.2 Å². The van der Waals surface area contributed by atoms with Gasteiger partial charge >= 0.3 is 0 Å². The van der Waals surface area contributed by atoms with Gasteiger partial charge in [0.25, 0.3) is 25.0 Å². The molecule has 0 saturated carbocycles. The Bertz CT molecular complexity index is 833. The predicted molar refractivity (Wildman–Crippen MR) is 153 cm³/mol. The Balaban J connectivity index is 3.76. The molecule has 0 aliphatic rings. The first-order chi connectivity index (χ1) is 13.8. The van der Waals surface area contributed by atoms with E-state index in [0.717, 1.165) is 10.2 Å². The fraction of sp³-hybridized carbons (Fsp3) is 0.750. The third-order valence-corrected chi connectivity index (χ3v) is 21.6. The van der Waals surface area contributed by atoms with Crippen molar-refractivity contribution < 1.29 is 13.3 Å². The molecule has 0 bridgehead atoms. The average molecular weight is 582 g/mol. The first kappa shape index (κ1) is 30.1. The molecule has 0 heterocycles. The summed E-state index contributed by atoms with van der Waals surface area (Å²) in [5.41, 5.74) is 0. The molecule has 1 aromatic carbocycles. The normalized spacial score (nSPS) is 14.4. The monoisotopic (exact) mass is 580 g/mol. The van der Waals surface area contributed by atoms with Crippen molar-refractivity contribution in [2.75, 3.05) is 0 Å². The number of hydrogen-bond acceptors (Lipinski definition) is 3. The van der Waals surface area contributed by atoms with Crippen molar-refractivity contribution in [1.29, 1.82) is 0 Å². The zero-order valence-electron chi connectivity index (χ0n) is 23.1. The van der Waals surface area contributed by atoms with Crippen LogP contribution >= 0.6 is 27.5 Å². The third kappa shape index (κ3) is 6.58. The van der Waals surface area contributed by atoms with E-state index in [-0.39, 0.29) is 15.1 Å². The van der Waals surface area contributed by atoms with Gasteiger partial charge in [-0.2, -0.15) is 0 Å². The van der Waals surface area contributed by atoms with Crippen molar-refractivity contribution >= 4 is 52.5 Å². The summed E-state index contributed by atoms with van der Waals surface area (Å²) in [6.45, 7) is 33.5. The summed E-state index contributed by atoms with van der Waals surface area (Å²) < 4.78 is 21.1. The fourth-order valence-corrected chi connectivity index (χ4v) is 6.16. The van der Waals surface area contributed by atoms with E-state index in [1.165, 1.54) is 0 Å². The largest absolute Gasteiger partial charge is 0.543 e. The quantitative estimate of drug-likeness (QED) is 0.313. The number of benzene rings is 1. The summed E-state index contributed by atoms with van der Waals surface area (Å²) in [5.74, 6) is 2.05. The van der Waals surface area contributed by atoms with Crippen LogP contribution in [-0.4, -0.2) is 25.0 Å². The van der Waals surface area contributed by atoms with Crippen LogP contribution in [0.1, 0.15) is 62.3 Å². The Hall–Kier alpha value is 0.0406. The van der Waals surface area contributed by atoms with E-state index in [9.17, 15) is 0 Å². The summed E-state index contributed by atoms with van der Waals surface area (Å²) in [4.78, 5) is 0. The van der Waals surface area contributed by atoms with Crippen molar-refractivity contribution in [3.05, 3.63) is 15.6 Å². The van der Waals surface area contributed by atoms with Gasteiger partial charge in [0, 0.05) is 6.07 Å². The molecule has 1 aromatic rings. The Morgan fingerprint density at radius 3 is 1.28 bits per heavy atom. The zero-order chi connectivity index (χ0) is 25.7. The van der Waals surface area contributed by atoms with E-state index < -0.39 is 25.0 Å². The van der Waals surface area contributed by atoms with Crippen molar-refractivity contribution in [1.82, 2.24) is 0 Å². The molecular formula is C24H46BrClO3Si3. The maximum atomic E-state index is 6.90. The summed E-state index contributed by atoms with van der Waals surface area (Å²) in [6.07, 6.45) is 0. The van der Waals surface area contributed by atoms with Gasteiger partial charge in [-0.1, -0.05) is 73.9 Å². The highest BCUT2D eigenvalue weighted by Crippen LogP contribution is 2.53.